The summed E-state index contributed by atoms with van der Waals surface area (Å²) >= 11 is 0. The maximum Gasteiger partial charge on any atom is 0.490 e. The molecule has 0 unspecified atom stereocenters. The summed E-state index contributed by atoms with van der Waals surface area (Å²) < 4.78 is 60.1. The minimum absolute atomic E-state index is 0.0970. The van der Waals surface area contributed by atoms with Crippen molar-refractivity contribution >= 4 is 33.3 Å². The van der Waals surface area contributed by atoms with Crippen molar-refractivity contribution < 1.29 is 41.4 Å². The Balaban J connectivity index is 0.000000673. The lowest BCUT2D eigenvalue weighted by molar-refractivity contribution is -0.192. The van der Waals surface area contributed by atoms with Gasteiger partial charge in [0.25, 0.3) is 10.0 Å². The van der Waals surface area contributed by atoms with E-state index >= 15 is 0 Å². The maximum absolute atomic E-state index is 12.9. The van der Waals surface area contributed by atoms with Crippen molar-refractivity contribution in [3.8, 4) is 0 Å². The van der Waals surface area contributed by atoms with E-state index in [-0.39, 0.29) is 16.1 Å². The number of benzene rings is 2. The van der Waals surface area contributed by atoms with E-state index < -0.39 is 28.1 Å². The summed E-state index contributed by atoms with van der Waals surface area (Å²) in [6, 6.07) is 11.8. The van der Waals surface area contributed by atoms with E-state index in [1.807, 2.05) is 30.9 Å². The van der Waals surface area contributed by atoms with E-state index in [2.05, 4.69) is 4.72 Å². The first kappa shape index (κ1) is 31.9. The quantitative estimate of drug-likeness (QED) is 0.297. The van der Waals surface area contributed by atoms with Gasteiger partial charge < -0.3 is 15.1 Å². The van der Waals surface area contributed by atoms with Gasteiger partial charge in [-0.1, -0.05) is 45.2 Å². The van der Waals surface area contributed by atoms with Crippen LogP contribution >= 0.6 is 0 Å². The van der Waals surface area contributed by atoms with Crippen LogP contribution in [0.1, 0.15) is 80.6 Å². The Kier molecular flexibility index (Phi) is 11.6. The molecule has 12 heteroatoms. The van der Waals surface area contributed by atoms with Crippen LogP contribution in [0, 0.1) is 0 Å². The van der Waals surface area contributed by atoms with Crippen LogP contribution in [0.25, 0.3) is 0 Å². The zero-order valence-electron chi connectivity index (χ0n) is 22.0. The second kappa shape index (κ2) is 14.2. The summed E-state index contributed by atoms with van der Waals surface area (Å²) in [5.41, 5.74) is 2.14. The molecule has 2 aromatic carbocycles. The number of hydrogen-bond donors (Lipinski definition) is 3. The van der Waals surface area contributed by atoms with E-state index in [1.165, 1.54) is 30.9 Å². The molecule has 0 radical (unpaired) electrons. The van der Waals surface area contributed by atoms with Crippen molar-refractivity contribution in [3.63, 3.8) is 0 Å². The van der Waals surface area contributed by atoms with E-state index in [0.29, 0.717) is 11.6 Å². The zero-order chi connectivity index (χ0) is 29.2. The molecule has 8 nitrogen and oxygen atoms in total. The van der Waals surface area contributed by atoms with Crippen molar-refractivity contribution in [1.29, 1.82) is 0 Å². The lowest BCUT2D eigenvalue weighted by atomic mass is 9.84. The zero-order valence-corrected chi connectivity index (χ0v) is 22.8. The maximum atomic E-state index is 12.9. The number of alkyl halides is 3. The summed E-state index contributed by atoms with van der Waals surface area (Å²) in [7, 11) is -3.81. The number of aliphatic carboxylic acids is 1. The van der Waals surface area contributed by atoms with Gasteiger partial charge in [0.05, 0.1) is 16.1 Å². The van der Waals surface area contributed by atoms with Crippen molar-refractivity contribution in [2.24, 2.45) is 0 Å². The van der Waals surface area contributed by atoms with Crippen LogP contribution in [0.15, 0.2) is 47.4 Å². The van der Waals surface area contributed by atoms with Crippen molar-refractivity contribution in [1.82, 2.24) is 0 Å². The number of carbonyl (C=O) groups is 2. The molecule has 0 spiro atoms. The van der Waals surface area contributed by atoms with Gasteiger partial charge in [-0.15, -0.1) is 0 Å². The Morgan fingerprint density at radius 3 is 1.95 bits per heavy atom. The summed E-state index contributed by atoms with van der Waals surface area (Å²) in [6.45, 7) is 5.58. The lowest BCUT2D eigenvalue weighted by Gasteiger charge is -2.25. The number of rotatable bonds is 10. The van der Waals surface area contributed by atoms with Crippen LogP contribution in [0.4, 0.5) is 24.5 Å². The molecule has 0 heterocycles. The summed E-state index contributed by atoms with van der Waals surface area (Å²) in [6.07, 6.45) is 2.74. The molecular weight excluding hydrogens is 537 g/mol. The number of carboxylic acids is 2. The van der Waals surface area contributed by atoms with Gasteiger partial charge in [-0.25, -0.2) is 18.0 Å². The van der Waals surface area contributed by atoms with Gasteiger partial charge in [-0.05, 0) is 67.5 Å². The van der Waals surface area contributed by atoms with Gasteiger partial charge in [0, 0.05) is 18.8 Å². The van der Waals surface area contributed by atoms with Gasteiger partial charge >= 0.3 is 18.1 Å². The Labute approximate surface area is 226 Å². The lowest BCUT2D eigenvalue weighted by Crippen LogP contribution is -2.27. The first-order chi connectivity index (χ1) is 18.3. The molecule has 2 aromatic rings. The molecule has 1 fully saturated rings. The largest absolute Gasteiger partial charge is 0.490 e. The van der Waals surface area contributed by atoms with Crippen LogP contribution in [-0.4, -0.2) is 49.8 Å². The van der Waals surface area contributed by atoms with Crippen LogP contribution in [-0.2, 0) is 14.8 Å². The molecule has 39 heavy (non-hydrogen) atoms. The van der Waals surface area contributed by atoms with E-state index in [9.17, 15) is 31.5 Å². The molecule has 216 valence electrons. The highest BCUT2D eigenvalue weighted by Gasteiger charge is 2.38. The van der Waals surface area contributed by atoms with E-state index in [0.717, 1.165) is 38.8 Å². The second-order valence-corrected chi connectivity index (χ2v) is 11.0. The predicted octanol–water partition coefficient (Wildman–Crippen LogP) is 6.49. The number of aromatic carboxylic acids is 1. The fourth-order valence-electron chi connectivity index (χ4n) is 4.51. The number of hydrogen-bond acceptors (Lipinski definition) is 5. The summed E-state index contributed by atoms with van der Waals surface area (Å²) in [4.78, 5) is 23.0. The monoisotopic (exact) mass is 572 g/mol. The Morgan fingerprint density at radius 2 is 1.49 bits per heavy atom. The number of carboxylic acid groups (broad SMARTS) is 2. The third-order valence-electron chi connectivity index (χ3n) is 6.32. The Bertz CT molecular complexity index is 1210. The fourth-order valence-corrected chi connectivity index (χ4v) is 5.56. The molecule has 0 amide bonds. The second-order valence-electron chi connectivity index (χ2n) is 9.34. The highest BCUT2D eigenvalue weighted by molar-refractivity contribution is 7.92. The van der Waals surface area contributed by atoms with Crippen LogP contribution in [0.3, 0.4) is 0 Å². The molecule has 1 aliphatic rings. The van der Waals surface area contributed by atoms with Gasteiger partial charge in [0.1, 0.15) is 0 Å². The third kappa shape index (κ3) is 9.45. The topological polar surface area (TPSA) is 124 Å². The molecule has 0 aliphatic heterocycles. The average Bonchev–Trinajstić information content (AvgIpc) is 2.89. The molecule has 1 saturated carbocycles. The SMILES string of the molecule is CCCN(CCC)c1ccc(NS(=O)(=O)c2ccc(C3CCCCC3)cc2)cc1C(=O)O.O=C(O)C(F)(F)F. The standard InChI is InChI=1S/C25H34N2O4S.C2HF3O2/c1-3-16-27(17-4-2)24-15-12-21(18-23(24)25(28)29)26-32(30,31)22-13-10-20(11-14-22)19-8-6-5-7-9-19;3-2(4,5)1(6)7/h10-15,18-19,26H,3-9,16-17H2,1-2H3,(H,28,29);(H,6,7). The molecule has 0 saturated heterocycles. The number of anilines is 2. The van der Waals surface area contributed by atoms with Crippen LogP contribution < -0.4 is 9.62 Å². The smallest absolute Gasteiger partial charge is 0.478 e. The van der Waals surface area contributed by atoms with E-state index in [4.69, 9.17) is 9.90 Å². The summed E-state index contributed by atoms with van der Waals surface area (Å²) in [5.74, 6) is -3.32. The van der Waals surface area contributed by atoms with Gasteiger partial charge in [0.2, 0.25) is 0 Å². The van der Waals surface area contributed by atoms with Crippen LogP contribution in [0.2, 0.25) is 0 Å². The van der Waals surface area contributed by atoms with Crippen molar-refractivity contribution in [2.75, 3.05) is 22.7 Å². The van der Waals surface area contributed by atoms with Gasteiger partial charge in [-0.2, -0.15) is 13.2 Å². The normalized spacial score (nSPS) is 14.2. The molecule has 0 aromatic heterocycles. The molecule has 1 aliphatic carbocycles. The number of nitrogens with zero attached hydrogens (tertiary/aromatic N) is 1. The first-order valence-corrected chi connectivity index (χ1v) is 14.3. The number of sulfonamides is 1. The highest BCUT2D eigenvalue weighted by atomic mass is 32.2. The Hall–Kier alpha value is -3.28. The fraction of sp³-hybridized carbons (Fsp3) is 0.481. The highest BCUT2D eigenvalue weighted by Crippen LogP contribution is 2.33. The molecule has 3 N–H and O–H groups in total. The number of halogens is 3. The minimum atomic E-state index is -5.08. The van der Waals surface area contributed by atoms with Crippen molar-refractivity contribution in [3.05, 3.63) is 53.6 Å². The molecule has 0 atom stereocenters. The first-order valence-electron chi connectivity index (χ1n) is 12.8. The van der Waals surface area contributed by atoms with Crippen molar-refractivity contribution in [2.45, 2.75) is 75.8 Å². The molecule has 0 bridgehead atoms. The molecular formula is C27H35F3N2O6S. The predicted molar refractivity (Wildman–Crippen MR) is 143 cm³/mol. The number of nitrogens with one attached hydrogen (secondary N) is 1. The van der Waals surface area contributed by atoms with Crippen LogP contribution in [0.5, 0.6) is 0 Å². The minimum Gasteiger partial charge on any atom is -0.478 e. The third-order valence-corrected chi connectivity index (χ3v) is 7.71. The molecule has 3 rings (SSSR count). The average molecular weight is 573 g/mol. The van der Waals surface area contributed by atoms with Gasteiger partial charge in [-0.3, -0.25) is 4.72 Å². The summed E-state index contributed by atoms with van der Waals surface area (Å²) in [5, 5.41) is 16.9. The Morgan fingerprint density at radius 1 is 0.949 bits per heavy atom. The van der Waals surface area contributed by atoms with Gasteiger partial charge in [0.15, 0.2) is 0 Å². The van der Waals surface area contributed by atoms with E-state index in [1.54, 1.807) is 24.3 Å².